The molecule has 0 spiro atoms. The van der Waals surface area contributed by atoms with Crippen LogP contribution in [0.2, 0.25) is 0 Å². The van der Waals surface area contributed by atoms with E-state index < -0.39 is 5.41 Å². The minimum absolute atomic E-state index is 0.439. The molecule has 1 aliphatic rings. The Morgan fingerprint density at radius 3 is 1.54 bits per heavy atom. The normalized spacial score (nSPS) is 13.0. The van der Waals surface area contributed by atoms with Gasteiger partial charge in [0.05, 0.1) is 5.41 Å². The van der Waals surface area contributed by atoms with Gasteiger partial charge in [-0.1, -0.05) is 164 Å². The molecule has 1 heterocycles. The van der Waals surface area contributed by atoms with Gasteiger partial charge in [-0.25, -0.2) is 0 Å². The van der Waals surface area contributed by atoms with Gasteiger partial charge in [-0.2, -0.15) is 0 Å². The lowest BCUT2D eigenvalue weighted by Crippen LogP contribution is -2.28. The first-order valence-electron chi connectivity index (χ1n) is 17.3. The molecule has 10 rings (SSSR count). The zero-order valence-electron chi connectivity index (χ0n) is 27.4. The second-order valence-corrected chi connectivity index (χ2v) is 14.3. The molecule has 50 heavy (non-hydrogen) atoms. The van der Waals surface area contributed by atoms with E-state index in [0.29, 0.717) is 0 Å². The molecule has 0 bridgehead atoms. The second kappa shape index (κ2) is 11.6. The van der Waals surface area contributed by atoms with E-state index in [0.717, 1.165) is 0 Å². The van der Waals surface area contributed by atoms with Crippen LogP contribution in [0.5, 0.6) is 0 Å². The van der Waals surface area contributed by atoms with E-state index in [1.54, 1.807) is 0 Å². The highest BCUT2D eigenvalue weighted by molar-refractivity contribution is 7.26. The first-order chi connectivity index (χ1) is 24.8. The van der Waals surface area contributed by atoms with Crippen molar-refractivity contribution < 1.29 is 0 Å². The van der Waals surface area contributed by atoms with Crippen LogP contribution >= 0.6 is 11.3 Å². The molecule has 0 N–H and O–H groups in total. The lowest BCUT2D eigenvalue weighted by atomic mass is 9.67. The van der Waals surface area contributed by atoms with E-state index in [2.05, 4.69) is 194 Å². The quantitative estimate of drug-likeness (QED) is 0.174. The maximum Gasteiger partial charge on any atom is 0.0713 e. The average Bonchev–Trinajstić information content (AvgIpc) is 3.72. The van der Waals surface area contributed by atoms with Crippen LogP contribution in [0.3, 0.4) is 0 Å². The van der Waals surface area contributed by atoms with E-state index in [4.69, 9.17) is 0 Å². The van der Waals surface area contributed by atoms with Crippen LogP contribution < -0.4 is 0 Å². The van der Waals surface area contributed by atoms with Crippen molar-refractivity contribution in [1.29, 1.82) is 0 Å². The average molecular weight is 653 g/mol. The van der Waals surface area contributed by atoms with Gasteiger partial charge in [-0.15, -0.1) is 11.3 Å². The Bertz CT molecular complexity index is 2640. The zero-order valence-corrected chi connectivity index (χ0v) is 28.2. The molecule has 0 nitrogen and oxygen atoms in total. The fraction of sp³-hybridized carbons (Fsp3) is 0.0204. The molecule has 0 radical (unpaired) electrons. The molecule has 0 fully saturated rings. The number of rotatable bonds is 5. The molecule has 0 unspecified atom stereocenters. The van der Waals surface area contributed by atoms with Gasteiger partial charge in [0.25, 0.3) is 0 Å². The molecule has 0 aliphatic heterocycles. The number of thiophene rings is 1. The van der Waals surface area contributed by atoms with Crippen molar-refractivity contribution in [3.8, 4) is 44.5 Å². The summed E-state index contributed by atoms with van der Waals surface area (Å²) in [7, 11) is 0. The monoisotopic (exact) mass is 652 g/mol. The topological polar surface area (TPSA) is 0 Å². The Kier molecular flexibility index (Phi) is 6.69. The summed E-state index contributed by atoms with van der Waals surface area (Å²) < 4.78 is 2.63. The number of hydrogen-bond donors (Lipinski definition) is 0. The highest BCUT2D eigenvalue weighted by atomic mass is 32.1. The minimum atomic E-state index is -0.439. The molecule has 0 saturated carbocycles. The van der Waals surface area contributed by atoms with Crippen LogP contribution in [0.4, 0.5) is 0 Å². The third kappa shape index (κ3) is 4.37. The van der Waals surface area contributed by atoms with Gasteiger partial charge in [0, 0.05) is 25.7 Å². The SMILES string of the molecule is c1ccc(-c2ccc3sc4c(-c5cccc(C6(c7ccccc7)c7ccccc7-c7ccccc76)c5)cc(-c5ccccc5)cc4c3c2)cc1. The third-order valence-electron chi connectivity index (χ3n) is 10.6. The van der Waals surface area contributed by atoms with Gasteiger partial charge >= 0.3 is 0 Å². The lowest BCUT2D eigenvalue weighted by Gasteiger charge is -2.34. The van der Waals surface area contributed by atoms with Crippen LogP contribution in [0, 0.1) is 0 Å². The van der Waals surface area contributed by atoms with Crippen molar-refractivity contribution >= 4 is 31.5 Å². The van der Waals surface area contributed by atoms with Crippen molar-refractivity contribution in [2.45, 2.75) is 5.41 Å². The molecule has 0 amide bonds. The smallest absolute Gasteiger partial charge is 0.0713 e. The molecular formula is C49H32S. The van der Waals surface area contributed by atoms with Gasteiger partial charge in [-0.3, -0.25) is 0 Å². The maximum atomic E-state index is 2.47. The molecule has 1 aromatic heterocycles. The summed E-state index contributed by atoms with van der Waals surface area (Å²) in [5.41, 5.74) is 14.9. The Labute approximate surface area is 296 Å². The fourth-order valence-corrected chi connectivity index (χ4v) is 9.53. The highest BCUT2D eigenvalue weighted by Crippen LogP contribution is 2.56. The molecular weight excluding hydrogens is 621 g/mol. The van der Waals surface area contributed by atoms with Gasteiger partial charge < -0.3 is 0 Å². The Balaban J connectivity index is 1.25. The Morgan fingerprint density at radius 1 is 0.320 bits per heavy atom. The molecule has 1 heteroatoms. The minimum Gasteiger partial charge on any atom is -0.135 e. The van der Waals surface area contributed by atoms with Crippen molar-refractivity contribution in [3.63, 3.8) is 0 Å². The van der Waals surface area contributed by atoms with Crippen LogP contribution in [-0.4, -0.2) is 0 Å². The highest BCUT2D eigenvalue weighted by Gasteiger charge is 2.45. The number of hydrogen-bond acceptors (Lipinski definition) is 1. The van der Waals surface area contributed by atoms with Crippen molar-refractivity contribution in [1.82, 2.24) is 0 Å². The zero-order chi connectivity index (χ0) is 33.1. The van der Waals surface area contributed by atoms with Crippen LogP contribution in [0.1, 0.15) is 22.3 Å². The molecule has 234 valence electrons. The van der Waals surface area contributed by atoms with Gasteiger partial charge in [0.1, 0.15) is 0 Å². The summed E-state index contributed by atoms with van der Waals surface area (Å²) in [4.78, 5) is 0. The second-order valence-electron chi connectivity index (χ2n) is 13.2. The van der Waals surface area contributed by atoms with Gasteiger partial charge in [0.2, 0.25) is 0 Å². The predicted molar refractivity (Wildman–Crippen MR) is 213 cm³/mol. The fourth-order valence-electron chi connectivity index (χ4n) is 8.33. The summed E-state index contributed by atoms with van der Waals surface area (Å²) in [5.74, 6) is 0. The first kappa shape index (κ1) is 28.9. The summed E-state index contributed by atoms with van der Waals surface area (Å²) in [5, 5.41) is 2.61. The molecule has 9 aromatic rings. The van der Waals surface area contributed by atoms with Gasteiger partial charge in [-0.05, 0) is 91.5 Å². The van der Waals surface area contributed by atoms with Crippen molar-refractivity contribution in [2.24, 2.45) is 0 Å². The number of benzene rings is 8. The lowest BCUT2D eigenvalue weighted by molar-refractivity contribution is 0.769. The van der Waals surface area contributed by atoms with E-state index >= 15 is 0 Å². The van der Waals surface area contributed by atoms with Crippen LogP contribution in [0.15, 0.2) is 194 Å². The Morgan fingerprint density at radius 2 is 0.860 bits per heavy atom. The largest absolute Gasteiger partial charge is 0.135 e. The first-order valence-corrected chi connectivity index (χ1v) is 18.1. The maximum absolute atomic E-state index is 2.47. The Hall–Kier alpha value is -6.02. The summed E-state index contributed by atoms with van der Waals surface area (Å²) >= 11 is 1.90. The summed E-state index contributed by atoms with van der Waals surface area (Å²) in [6.45, 7) is 0. The van der Waals surface area contributed by atoms with E-state index in [9.17, 15) is 0 Å². The van der Waals surface area contributed by atoms with Crippen LogP contribution in [0.25, 0.3) is 64.7 Å². The molecule has 0 saturated heterocycles. The van der Waals surface area contributed by atoms with Gasteiger partial charge in [0.15, 0.2) is 0 Å². The number of fused-ring (bicyclic) bond motifs is 6. The third-order valence-corrected chi connectivity index (χ3v) is 11.8. The van der Waals surface area contributed by atoms with E-state index in [1.807, 2.05) is 11.3 Å². The van der Waals surface area contributed by atoms with Crippen LogP contribution in [-0.2, 0) is 5.41 Å². The van der Waals surface area contributed by atoms with Crippen molar-refractivity contribution in [2.75, 3.05) is 0 Å². The van der Waals surface area contributed by atoms with E-state index in [-0.39, 0.29) is 0 Å². The van der Waals surface area contributed by atoms with Crippen molar-refractivity contribution in [3.05, 3.63) is 216 Å². The standard InChI is InChI=1S/C49H32S/c1-4-15-33(16-5-1)35-27-28-47-43(30-35)44-32-37(34-17-6-2-7-18-34)31-42(48(44)50-47)36-19-14-22-39(29-36)49(38-20-8-3-9-21-38)45-25-12-10-23-40(45)41-24-11-13-26-46(41)49/h1-32H. The molecule has 0 atom stereocenters. The molecule has 1 aliphatic carbocycles. The van der Waals surface area contributed by atoms with E-state index in [1.165, 1.54) is 86.9 Å². The molecule has 8 aromatic carbocycles. The summed E-state index contributed by atoms with van der Waals surface area (Å²) in [6, 6.07) is 71.7. The predicted octanol–water partition coefficient (Wildman–Crippen LogP) is 13.4. The summed E-state index contributed by atoms with van der Waals surface area (Å²) in [6.07, 6.45) is 0.